The van der Waals surface area contributed by atoms with E-state index < -0.39 is 34.9 Å². The maximum Gasteiger partial charge on any atom is 0.325 e. The molecule has 0 saturated carbocycles. The number of urea groups is 1. The van der Waals surface area contributed by atoms with Crippen LogP contribution in [0, 0.1) is 10.1 Å². The molecule has 4 amide bonds. The van der Waals surface area contributed by atoms with Crippen LogP contribution in [0.25, 0.3) is 0 Å². The lowest BCUT2D eigenvalue weighted by Crippen LogP contribution is -2.42. The molecule has 0 aliphatic carbocycles. The van der Waals surface area contributed by atoms with Gasteiger partial charge in [-0.25, -0.2) is 4.79 Å². The van der Waals surface area contributed by atoms with Gasteiger partial charge >= 0.3 is 6.03 Å². The van der Waals surface area contributed by atoms with Gasteiger partial charge in [0.05, 0.1) is 4.92 Å². The van der Waals surface area contributed by atoms with Crippen molar-refractivity contribution in [1.82, 2.24) is 10.2 Å². The molecule has 1 heterocycles. The van der Waals surface area contributed by atoms with E-state index in [1.165, 1.54) is 31.2 Å². The van der Waals surface area contributed by atoms with Crippen LogP contribution in [-0.2, 0) is 15.1 Å². The summed E-state index contributed by atoms with van der Waals surface area (Å²) >= 11 is 0. The molecule has 1 aromatic carbocycles. The molecule has 9 heteroatoms. The van der Waals surface area contributed by atoms with E-state index in [4.69, 9.17) is 5.73 Å². The number of primary amides is 1. The first-order valence-corrected chi connectivity index (χ1v) is 5.93. The summed E-state index contributed by atoms with van der Waals surface area (Å²) in [6.07, 6.45) is 0. The van der Waals surface area contributed by atoms with Crippen molar-refractivity contribution in [3.63, 3.8) is 0 Å². The number of nitrogens with one attached hydrogen (secondary N) is 1. The second kappa shape index (κ2) is 4.85. The molecule has 2 rings (SSSR count). The molecule has 1 saturated heterocycles. The highest BCUT2D eigenvalue weighted by molar-refractivity contribution is 6.09. The van der Waals surface area contributed by atoms with E-state index >= 15 is 0 Å². The standard InChI is InChI=1S/C12H12N4O5/c1-12(7-3-2-4-8(5-7)16(20)21)10(18)15(6-9(13)17)11(19)14-12/h2-5H,6H2,1H3,(H2,13,17)(H,14,19). The van der Waals surface area contributed by atoms with E-state index in [9.17, 15) is 24.5 Å². The van der Waals surface area contributed by atoms with Gasteiger partial charge in [-0.1, -0.05) is 12.1 Å². The summed E-state index contributed by atoms with van der Waals surface area (Å²) in [5.41, 5.74) is 3.56. The summed E-state index contributed by atoms with van der Waals surface area (Å²) in [6, 6.07) is 4.60. The van der Waals surface area contributed by atoms with Crippen molar-refractivity contribution in [2.24, 2.45) is 5.73 Å². The number of benzene rings is 1. The lowest BCUT2D eigenvalue weighted by molar-refractivity contribution is -0.385. The van der Waals surface area contributed by atoms with E-state index in [0.29, 0.717) is 4.90 Å². The molecule has 9 nitrogen and oxygen atoms in total. The highest BCUT2D eigenvalue weighted by atomic mass is 16.6. The van der Waals surface area contributed by atoms with Gasteiger partial charge in [0, 0.05) is 12.1 Å². The number of imide groups is 1. The Morgan fingerprint density at radius 2 is 2.14 bits per heavy atom. The Balaban J connectivity index is 2.41. The minimum atomic E-state index is -1.47. The quantitative estimate of drug-likeness (QED) is 0.451. The predicted octanol–water partition coefficient (Wildman–Crippen LogP) is -0.153. The molecule has 1 aliphatic heterocycles. The Labute approximate surface area is 118 Å². The van der Waals surface area contributed by atoms with Gasteiger partial charge in [0.25, 0.3) is 11.6 Å². The van der Waals surface area contributed by atoms with E-state index in [0.717, 1.165) is 0 Å². The molecule has 3 N–H and O–H groups in total. The number of nitro groups is 1. The molecule has 1 aliphatic rings. The Hall–Kier alpha value is -2.97. The van der Waals surface area contributed by atoms with Gasteiger partial charge in [0.1, 0.15) is 12.1 Å². The van der Waals surface area contributed by atoms with Crippen molar-refractivity contribution in [3.8, 4) is 0 Å². The fourth-order valence-corrected chi connectivity index (χ4v) is 2.12. The van der Waals surface area contributed by atoms with Crippen LogP contribution in [0.15, 0.2) is 24.3 Å². The number of nitrogens with zero attached hydrogens (tertiary/aromatic N) is 2. The number of rotatable bonds is 4. The number of non-ortho nitro benzene ring substituents is 1. The summed E-state index contributed by atoms with van der Waals surface area (Å²) in [6.45, 7) is 0.864. The highest BCUT2D eigenvalue weighted by Crippen LogP contribution is 2.30. The molecule has 1 atom stereocenters. The fraction of sp³-hybridized carbons (Fsp3) is 0.250. The molecule has 0 bridgehead atoms. The summed E-state index contributed by atoms with van der Waals surface area (Å²) in [4.78, 5) is 45.9. The van der Waals surface area contributed by atoms with Crippen LogP contribution in [0.5, 0.6) is 0 Å². The number of hydrogen-bond acceptors (Lipinski definition) is 5. The molecule has 0 aromatic heterocycles. The number of nitrogens with two attached hydrogens (primary N) is 1. The average Bonchev–Trinajstić information content (AvgIpc) is 2.63. The van der Waals surface area contributed by atoms with Crippen LogP contribution in [-0.4, -0.2) is 34.2 Å². The summed E-state index contributed by atoms with van der Waals surface area (Å²) < 4.78 is 0. The van der Waals surface area contributed by atoms with Crippen molar-refractivity contribution in [1.29, 1.82) is 0 Å². The minimum Gasteiger partial charge on any atom is -0.368 e. The first-order valence-electron chi connectivity index (χ1n) is 5.93. The third-order valence-electron chi connectivity index (χ3n) is 3.22. The Morgan fingerprint density at radius 1 is 1.48 bits per heavy atom. The fourth-order valence-electron chi connectivity index (χ4n) is 2.12. The largest absolute Gasteiger partial charge is 0.368 e. The van der Waals surface area contributed by atoms with Gasteiger partial charge < -0.3 is 11.1 Å². The van der Waals surface area contributed by atoms with Crippen LogP contribution in [0.3, 0.4) is 0 Å². The Morgan fingerprint density at radius 3 is 2.71 bits per heavy atom. The first kappa shape index (κ1) is 14.4. The van der Waals surface area contributed by atoms with Crippen LogP contribution >= 0.6 is 0 Å². The monoisotopic (exact) mass is 292 g/mol. The second-order valence-corrected chi connectivity index (χ2v) is 4.72. The number of carbonyl (C=O) groups excluding carboxylic acids is 3. The molecule has 1 fully saturated rings. The third kappa shape index (κ3) is 2.40. The van der Waals surface area contributed by atoms with Gasteiger partial charge in [-0.3, -0.25) is 24.6 Å². The van der Waals surface area contributed by atoms with Gasteiger partial charge in [-0.2, -0.15) is 0 Å². The lowest BCUT2D eigenvalue weighted by atomic mass is 9.91. The molecule has 21 heavy (non-hydrogen) atoms. The van der Waals surface area contributed by atoms with E-state index in [2.05, 4.69) is 5.32 Å². The topological polar surface area (TPSA) is 136 Å². The zero-order valence-electron chi connectivity index (χ0n) is 11.0. The average molecular weight is 292 g/mol. The summed E-state index contributed by atoms with van der Waals surface area (Å²) in [5, 5.41) is 13.2. The van der Waals surface area contributed by atoms with Crippen molar-refractivity contribution < 1.29 is 19.3 Å². The normalized spacial score (nSPS) is 21.3. The number of carbonyl (C=O) groups is 3. The molecular formula is C12H12N4O5. The smallest absolute Gasteiger partial charge is 0.325 e. The van der Waals surface area contributed by atoms with E-state index in [-0.39, 0.29) is 11.3 Å². The van der Waals surface area contributed by atoms with E-state index in [1.807, 2.05) is 0 Å². The Bertz CT molecular complexity index is 659. The van der Waals surface area contributed by atoms with Gasteiger partial charge in [0.15, 0.2) is 0 Å². The summed E-state index contributed by atoms with van der Waals surface area (Å²) in [5.74, 6) is -1.52. The molecule has 0 radical (unpaired) electrons. The lowest BCUT2D eigenvalue weighted by Gasteiger charge is -2.21. The van der Waals surface area contributed by atoms with Gasteiger partial charge in [-0.15, -0.1) is 0 Å². The van der Waals surface area contributed by atoms with Crippen LogP contribution < -0.4 is 11.1 Å². The maximum atomic E-state index is 12.3. The second-order valence-electron chi connectivity index (χ2n) is 4.72. The summed E-state index contributed by atoms with van der Waals surface area (Å²) in [7, 11) is 0. The van der Waals surface area contributed by atoms with Gasteiger partial charge in [-0.05, 0) is 12.5 Å². The van der Waals surface area contributed by atoms with Gasteiger partial charge in [0.2, 0.25) is 5.91 Å². The molecule has 1 unspecified atom stereocenters. The SMILES string of the molecule is CC1(c2cccc([N+](=O)[O-])c2)NC(=O)N(CC(N)=O)C1=O. The van der Waals surface area contributed by atoms with Crippen LogP contribution in [0.4, 0.5) is 10.5 Å². The van der Waals surface area contributed by atoms with Crippen LogP contribution in [0.2, 0.25) is 0 Å². The Kier molecular flexibility index (Phi) is 3.34. The van der Waals surface area contributed by atoms with Crippen molar-refractivity contribution in [2.75, 3.05) is 6.54 Å². The zero-order valence-corrected chi connectivity index (χ0v) is 11.0. The molecule has 0 spiro atoms. The first-order chi connectivity index (χ1) is 9.75. The predicted molar refractivity (Wildman–Crippen MR) is 69.9 cm³/mol. The van der Waals surface area contributed by atoms with Crippen molar-refractivity contribution >= 4 is 23.5 Å². The van der Waals surface area contributed by atoms with E-state index in [1.54, 1.807) is 0 Å². The van der Waals surface area contributed by atoms with Crippen molar-refractivity contribution in [3.05, 3.63) is 39.9 Å². The highest BCUT2D eigenvalue weighted by Gasteiger charge is 2.49. The van der Waals surface area contributed by atoms with Crippen LogP contribution in [0.1, 0.15) is 12.5 Å². The third-order valence-corrected chi connectivity index (χ3v) is 3.22. The zero-order chi connectivity index (χ0) is 15.8. The maximum absolute atomic E-state index is 12.3. The van der Waals surface area contributed by atoms with Crippen molar-refractivity contribution in [2.45, 2.75) is 12.5 Å². The minimum absolute atomic E-state index is 0.205. The molecule has 1 aromatic rings. The molecule has 110 valence electrons. The number of hydrogen-bond donors (Lipinski definition) is 2. The number of amides is 4. The number of nitro benzene ring substituents is 1. The molecular weight excluding hydrogens is 280 g/mol.